The molecule has 172 valence electrons. The third-order valence-corrected chi connectivity index (χ3v) is 5.40. The minimum Gasteiger partial charge on any atom is -0.339 e. The van der Waals surface area contributed by atoms with Crippen molar-refractivity contribution >= 4 is 28.3 Å². The van der Waals surface area contributed by atoms with Crippen LogP contribution in [-0.4, -0.2) is 29.2 Å². The highest BCUT2D eigenvalue weighted by Crippen LogP contribution is 2.14. The summed E-state index contributed by atoms with van der Waals surface area (Å²) in [5.41, 5.74) is 0.711. The number of nitrogens with one attached hydrogen (secondary N) is 1. The summed E-state index contributed by atoms with van der Waals surface area (Å²) in [6.07, 6.45) is 10.5. The van der Waals surface area contributed by atoms with Gasteiger partial charge < -0.3 is 9.51 Å². The number of allylic oxidation sites excluding steroid dienone is 4. The molecule has 0 amide bonds. The highest BCUT2D eigenvalue weighted by Gasteiger charge is 2.17. The number of unbranched alkanes of at least 4 members (excludes halogenated alkanes) is 3. The zero-order valence-corrected chi connectivity index (χ0v) is 19.5. The van der Waals surface area contributed by atoms with E-state index in [1.165, 1.54) is 4.57 Å². The van der Waals surface area contributed by atoms with Crippen molar-refractivity contribution < 1.29 is 4.52 Å². The lowest BCUT2D eigenvalue weighted by atomic mass is 10.2. The number of hydrogen-bond donors (Lipinski definition) is 1. The third-order valence-electron chi connectivity index (χ3n) is 5.22. The van der Waals surface area contributed by atoms with Crippen LogP contribution in [0.25, 0.3) is 16.7 Å². The summed E-state index contributed by atoms with van der Waals surface area (Å²) >= 11 is 5.98. The molecule has 3 heterocycles. The Balaban J connectivity index is 1.72. The summed E-state index contributed by atoms with van der Waals surface area (Å²) in [7, 11) is 0. The molecule has 3 aromatic rings. The Morgan fingerprint density at radius 1 is 1.09 bits per heavy atom. The first-order valence-electron chi connectivity index (χ1n) is 11.0. The molecule has 1 N–H and O–H groups in total. The number of rotatable bonds is 11. The van der Waals surface area contributed by atoms with Gasteiger partial charge in [-0.25, -0.2) is 4.79 Å². The average molecular weight is 461 g/mol. The van der Waals surface area contributed by atoms with E-state index in [4.69, 9.17) is 16.1 Å². The molecule has 0 aliphatic heterocycles. The van der Waals surface area contributed by atoms with E-state index >= 15 is 0 Å². The first-order chi connectivity index (χ1) is 15.5. The van der Waals surface area contributed by atoms with E-state index in [2.05, 4.69) is 27.0 Å². The van der Waals surface area contributed by atoms with Gasteiger partial charge in [-0.05, 0) is 44.7 Å². The molecule has 3 aromatic heterocycles. The fourth-order valence-electron chi connectivity index (χ4n) is 3.56. The maximum absolute atomic E-state index is 13.0. The molecule has 0 unspecified atom stereocenters. The molecule has 0 atom stereocenters. The van der Waals surface area contributed by atoms with Gasteiger partial charge in [-0.15, -0.1) is 0 Å². The van der Waals surface area contributed by atoms with Gasteiger partial charge in [-0.3, -0.25) is 13.9 Å². The second-order valence-corrected chi connectivity index (χ2v) is 7.90. The van der Waals surface area contributed by atoms with Gasteiger partial charge in [0.15, 0.2) is 11.2 Å². The molecule has 0 aromatic carbocycles. The quantitative estimate of drug-likeness (QED) is 0.262. The summed E-state index contributed by atoms with van der Waals surface area (Å²) in [4.78, 5) is 37.2. The first-order valence-corrected chi connectivity index (χ1v) is 11.4. The monoisotopic (exact) mass is 460 g/mol. The van der Waals surface area contributed by atoms with E-state index < -0.39 is 5.56 Å². The molecule has 0 fully saturated rings. The van der Waals surface area contributed by atoms with E-state index in [0.717, 1.165) is 24.8 Å². The van der Waals surface area contributed by atoms with Crippen LogP contribution >= 0.6 is 11.6 Å². The second-order valence-electron chi connectivity index (χ2n) is 7.54. The lowest BCUT2D eigenvalue weighted by Gasteiger charge is -2.11. The second kappa shape index (κ2) is 11.1. The van der Waals surface area contributed by atoms with E-state index in [0.29, 0.717) is 43.2 Å². The number of aromatic amines is 1. The number of nitrogens with zero attached hydrogens (tertiary/aromatic N) is 5. The Kier molecular flexibility index (Phi) is 8.21. The zero-order valence-electron chi connectivity index (χ0n) is 18.7. The maximum Gasteiger partial charge on any atom is 0.332 e. The molecule has 0 aliphatic rings. The molecule has 0 radical (unpaired) electrons. The smallest absolute Gasteiger partial charge is 0.332 e. The van der Waals surface area contributed by atoms with Crippen LogP contribution in [0.3, 0.4) is 0 Å². The van der Waals surface area contributed by atoms with E-state index in [1.54, 1.807) is 4.57 Å². The summed E-state index contributed by atoms with van der Waals surface area (Å²) in [5, 5.41) is 4.12. The fourth-order valence-corrected chi connectivity index (χ4v) is 3.73. The summed E-state index contributed by atoms with van der Waals surface area (Å²) in [6, 6.07) is 0. The normalized spacial score (nSPS) is 12.4. The standard InChI is InChI=1S/C22H29ClN6O3/c1-4-7-9-13-28-19-17(25-21(23)26-19)20(30)29(22(28)31)14-10-8-12-16-24-18(27-32-16)15(6-3)11-5-2/h5-6,11H,4,7-10,12-14H2,1-3H3,(H,25,26)/b11-5-,15-6+. The van der Waals surface area contributed by atoms with Crippen LogP contribution < -0.4 is 11.2 Å². The van der Waals surface area contributed by atoms with Crippen LogP contribution in [0.1, 0.15) is 64.6 Å². The van der Waals surface area contributed by atoms with E-state index in [1.807, 2.05) is 32.1 Å². The lowest BCUT2D eigenvalue weighted by Crippen LogP contribution is -2.40. The van der Waals surface area contributed by atoms with Crippen molar-refractivity contribution in [2.45, 2.75) is 72.4 Å². The number of aromatic nitrogens is 6. The zero-order chi connectivity index (χ0) is 23.1. The minimum atomic E-state index is -0.403. The van der Waals surface area contributed by atoms with E-state index in [9.17, 15) is 9.59 Å². The van der Waals surface area contributed by atoms with Gasteiger partial charge in [0, 0.05) is 25.1 Å². The predicted molar refractivity (Wildman–Crippen MR) is 125 cm³/mol. The van der Waals surface area contributed by atoms with Gasteiger partial charge in [-0.2, -0.15) is 9.97 Å². The van der Waals surface area contributed by atoms with Crippen molar-refractivity contribution in [1.82, 2.24) is 29.2 Å². The van der Waals surface area contributed by atoms with Gasteiger partial charge in [-0.1, -0.05) is 43.2 Å². The van der Waals surface area contributed by atoms with Gasteiger partial charge >= 0.3 is 5.69 Å². The molecule has 0 saturated heterocycles. The van der Waals surface area contributed by atoms with Crippen molar-refractivity contribution in [3.05, 3.63) is 56.1 Å². The van der Waals surface area contributed by atoms with Crippen LogP contribution in [0, 0.1) is 0 Å². The highest BCUT2D eigenvalue weighted by molar-refractivity contribution is 6.28. The third kappa shape index (κ3) is 5.27. The summed E-state index contributed by atoms with van der Waals surface area (Å²) in [5.74, 6) is 1.08. The number of H-pyrrole nitrogens is 1. The highest BCUT2D eigenvalue weighted by atomic mass is 35.5. The van der Waals surface area contributed by atoms with Gasteiger partial charge in [0.05, 0.1) is 0 Å². The Morgan fingerprint density at radius 2 is 1.84 bits per heavy atom. The maximum atomic E-state index is 13.0. The Morgan fingerprint density at radius 3 is 2.56 bits per heavy atom. The molecule has 9 nitrogen and oxygen atoms in total. The van der Waals surface area contributed by atoms with Crippen molar-refractivity contribution in [2.75, 3.05) is 0 Å². The van der Waals surface area contributed by atoms with Gasteiger partial charge in [0.25, 0.3) is 5.56 Å². The van der Waals surface area contributed by atoms with Crippen LogP contribution in [0.2, 0.25) is 5.28 Å². The Hall–Kier alpha value is -2.94. The first kappa shape index (κ1) is 23.7. The number of fused-ring (bicyclic) bond motifs is 1. The lowest BCUT2D eigenvalue weighted by molar-refractivity contribution is 0.370. The van der Waals surface area contributed by atoms with E-state index in [-0.39, 0.29) is 23.0 Å². The van der Waals surface area contributed by atoms with Crippen LogP contribution in [0.15, 0.2) is 32.3 Å². The Bertz CT molecular complexity index is 1230. The van der Waals surface area contributed by atoms with Crippen LogP contribution in [0.5, 0.6) is 0 Å². The van der Waals surface area contributed by atoms with Crippen LogP contribution in [0.4, 0.5) is 0 Å². The molecule has 0 bridgehead atoms. The fraction of sp³-hybridized carbons (Fsp3) is 0.500. The SMILES string of the molecule is C/C=C\C(=C/C)c1noc(CCCCn2c(=O)c3[nH]c(Cl)nc3n(CCCCC)c2=O)n1. The van der Waals surface area contributed by atoms with Gasteiger partial charge in [0.1, 0.15) is 0 Å². The van der Waals surface area contributed by atoms with Crippen molar-refractivity contribution in [3.8, 4) is 0 Å². The van der Waals surface area contributed by atoms with Crippen molar-refractivity contribution in [2.24, 2.45) is 0 Å². The minimum absolute atomic E-state index is 0.101. The number of imidazole rings is 1. The summed E-state index contributed by atoms with van der Waals surface area (Å²) in [6.45, 7) is 6.73. The molecule has 0 aliphatic carbocycles. The van der Waals surface area contributed by atoms with Gasteiger partial charge in [0.2, 0.25) is 17.0 Å². The summed E-state index contributed by atoms with van der Waals surface area (Å²) < 4.78 is 8.13. The predicted octanol–water partition coefficient (Wildman–Crippen LogP) is 4.12. The molecule has 0 spiro atoms. The number of hydrogen-bond acceptors (Lipinski definition) is 6. The molecule has 3 rings (SSSR count). The molecular weight excluding hydrogens is 432 g/mol. The number of halogens is 1. The number of aryl methyl sites for hydroxylation is 2. The Labute approximate surface area is 190 Å². The van der Waals surface area contributed by atoms with Crippen LogP contribution in [-0.2, 0) is 19.5 Å². The molecular formula is C22H29ClN6O3. The molecule has 10 heteroatoms. The average Bonchev–Trinajstić information content (AvgIpc) is 3.40. The van der Waals surface area contributed by atoms with Crippen molar-refractivity contribution in [1.29, 1.82) is 0 Å². The largest absolute Gasteiger partial charge is 0.339 e. The van der Waals surface area contributed by atoms with Crippen molar-refractivity contribution in [3.63, 3.8) is 0 Å². The topological polar surface area (TPSA) is 112 Å². The molecule has 0 saturated carbocycles. The molecule has 32 heavy (non-hydrogen) atoms.